The first kappa shape index (κ1) is 16.3. The smallest absolute Gasteiger partial charge is 0.212 e. The minimum atomic E-state index is -0.0770. The van der Waals surface area contributed by atoms with Crippen LogP contribution in [0.4, 0.5) is 5.82 Å². The van der Waals surface area contributed by atoms with Crippen LogP contribution in [0.3, 0.4) is 0 Å². The van der Waals surface area contributed by atoms with Gasteiger partial charge in [-0.2, -0.15) is 5.26 Å². The molecule has 6 nitrogen and oxygen atoms in total. The molecule has 1 aliphatic rings. The van der Waals surface area contributed by atoms with Gasteiger partial charge in [0.05, 0.1) is 30.3 Å². The molecule has 1 aromatic carbocycles. The summed E-state index contributed by atoms with van der Waals surface area (Å²) in [7, 11) is 1.60. The van der Waals surface area contributed by atoms with Gasteiger partial charge >= 0.3 is 0 Å². The van der Waals surface area contributed by atoms with E-state index in [2.05, 4.69) is 21.4 Å². The molecule has 1 N–H and O–H groups in total. The maximum atomic E-state index is 9.00. The van der Waals surface area contributed by atoms with Crippen molar-refractivity contribution in [3.8, 4) is 11.9 Å². The van der Waals surface area contributed by atoms with Gasteiger partial charge in [-0.25, -0.2) is 9.97 Å². The number of hydrogen-bond acceptors (Lipinski definition) is 6. The van der Waals surface area contributed by atoms with Crippen LogP contribution in [0.2, 0.25) is 0 Å². The highest BCUT2D eigenvalue weighted by Gasteiger charge is 2.30. The Morgan fingerprint density at radius 2 is 2.15 bits per heavy atom. The van der Waals surface area contributed by atoms with Crippen LogP contribution in [0.15, 0.2) is 48.7 Å². The van der Waals surface area contributed by atoms with Gasteiger partial charge in [0, 0.05) is 29.8 Å². The second-order valence-electron chi connectivity index (χ2n) is 6.18. The van der Waals surface area contributed by atoms with Crippen molar-refractivity contribution in [1.29, 1.82) is 5.26 Å². The van der Waals surface area contributed by atoms with Gasteiger partial charge < -0.3 is 14.8 Å². The minimum Gasteiger partial charge on any atom is -0.481 e. The molecular weight excluding hydrogens is 328 g/mol. The molecule has 4 rings (SSSR count). The zero-order chi connectivity index (χ0) is 17.9. The molecule has 0 unspecified atom stereocenters. The third kappa shape index (κ3) is 3.17. The average Bonchev–Trinajstić information content (AvgIpc) is 3.15. The van der Waals surface area contributed by atoms with E-state index < -0.39 is 0 Å². The topological polar surface area (TPSA) is 80.1 Å². The van der Waals surface area contributed by atoms with Crippen molar-refractivity contribution < 1.29 is 9.47 Å². The lowest BCUT2D eigenvalue weighted by atomic mass is 10.0. The molecular formula is C20H18N4O2. The second-order valence-corrected chi connectivity index (χ2v) is 6.18. The number of nitriles is 1. The Labute approximate surface area is 151 Å². The number of rotatable bonds is 4. The molecule has 0 saturated carbocycles. The Morgan fingerprint density at radius 1 is 1.23 bits per heavy atom. The number of aromatic nitrogens is 2. The van der Waals surface area contributed by atoms with E-state index in [1.165, 1.54) is 0 Å². The molecule has 3 aromatic rings. The van der Waals surface area contributed by atoms with Gasteiger partial charge in [-0.15, -0.1) is 0 Å². The molecule has 6 heteroatoms. The van der Waals surface area contributed by atoms with E-state index in [0.717, 1.165) is 28.7 Å². The van der Waals surface area contributed by atoms with E-state index in [1.54, 1.807) is 19.4 Å². The number of nitrogens with one attached hydrogen (secondary N) is 1. The van der Waals surface area contributed by atoms with Crippen molar-refractivity contribution in [2.45, 2.75) is 18.6 Å². The maximum Gasteiger partial charge on any atom is 0.212 e. The van der Waals surface area contributed by atoms with Gasteiger partial charge in [-0.05, 0) is 42.8 Å². The van der Waals surface area contributed by atoms with Crippen LogP contribution < -0.4 is 10.1 Å². The van der Waals surface area contributed by atoms with Gasteiger partial charge in [-0.3, -0.25) is 0 Å². The van der Waals surface area contributed by atoms with Gasteiger partial charge in [0.15, 0.2) is 0 Å². The van der Waals surface area contributed by atoms with E-state index in [0.29, 0.717) is 18.1 Å². The predicted octanol–water partition coefficient (Wildman–Crippen LogP) is 3.45. The zero-order valence-electron chi connectivity index (χ0n) is 14.3. The van der Waals surface area contributed by atoms with Crippen molar-refractivity contribution in [1.82, 2.24) is 9.97 Å². The maximum absolute atomic E-state index is 9.00. The third-order valence-corrected chi connectivity index (χ3v) is 4.54. The Kier molecular flexibility index (Phi) is 4.38. The lowest BCUT2D eigenvalue weighted by Crippen LogP contribution is -2.23. The van der Waals surface area contributed by atoms with Crippen LogP contribution in [-0.2, 0) is 4.74 Å². The molecule has 0 spiro atoms. The molecule has 26 heavy (non-hydrogen) atoms. The second kappa shape index (κ2) is 6.98. The molecule has 130 valence electrons. The molecule has 2 atom stereocenters. The summed E-state index contributed by atoms with van der Waals surface area (Å²) < 4.78 is 11.0. The predicted molar refractivity (Wildman–Crippen MR) is 98.0 cm³/mol. The fourth-order valence-corrected chi connectivity index (χ4v) is 3.21. The summed E-state index contributed by atoms with van der Waals surface area (Å²) in [5.41, 5.74) is 2.51. The number of ether oxygens (including phenoxy) is 2. The summed E-state index contributed by atoms with van der Waals surface area (Å²) in [6.45, 7) is 0.688. The zero-order valence-corrected chi connectivity index (χ0v) is 14.3. The van der Waals surface area contributed by atoms with Gasteiger partial charge in [0.25, 0.3) is 0 Å². The van der Waals surface area contributed by atoms with E-state index in [4.69, 9.17) is 14.7 Å². The van der Waals surface area contributed by atoms with Crippen molar-refractivity contribution in [3.63, 3.8) is 0 Å². The minimum absolute atomic E-state index is 0.0770. The summed E-state index contributed by atoms with van der Waals surface area (Å²) in [6, 6.07) is 15.5. The van der Waals surface area contributed by atoms with Crippen LogP contribution in [0.5, 0.6) is 5.88 Å². The Bertz CT molecular complexity index is 966. The highest BCUT2D eigenvalue weighted by atomic mass is 16.5. The molecule has 1 fully saturated rings. The van der Waals surface area contributed by atoms with Gasteiger partial charge in [-0.1, -0.05) is 0 Å². The standard InChI is InChI=1S/C20H18N4O2/c1-25-19-7-4-15(12-22-19)20-17(8-9-26-20)24-18-6-3-14-10-13(11-21)2-5-16(14)23-18/h2-7,10,12,17,20H,8-9H2,1H3,(H,23,24)/t17-,20+/m0/s1. The Morgan fingerprint density at radius 3 is 2.92 bits per heavy atom. The molecule has 0 radical (unpaired) electrons. The SMILES string of the molecule is COc1ccc([C@H]2OCC[C@@H]2Nc2ccc3cc(C#N)ccc3n2)cn1. The number of fused-ring (bicyclic) bond motifs is 1. The summed E-state index contributed by atoms with van der Waals surface area (Å²) >= 11 is 0. The summed E-state index contributed by atoms with van der Waals surface area (Å²) in [5.74, 6) is 1.38. The lowest BCUT2D eigenvalue weighted by molar-refractivity contribution is 0.107. The van der Waals surface area contributed by atoms with E-state index in [1.807, 2.05) is 36.4 Å². The number of benzene rings is 1. The van der Waals surface area contributed by atoms with Gasteiger partial charge in [0.1, 0.15) is 11.9 Å². The van der Waals surface area contributed by atoms with Crippen molar-refractivity contribution >= 4 is 16.7 Å². The highest BCUT2D eigenvalue weighted by molar-refractivity contribution is 5.81. The molecule has 0 aliphatic carbocycles. The van der Waals surface area contributed by atoms with Crippen LogP contribution in [0.1, 0.15) is 23.7 Å². The quantitative estimate of drug-likeness (QED) is 0.779. The first-order chi connectivity index (χ1) is 12.8. The fraction of sp³-hybridized carbons (Fsp3) is 0.250. The van der Waals surface area contributed by atoms with Crippen LogP contribution in [0.25, 0.3) is 10.9 Å². The monoisotopic (exact) mass is 346 g/mol. The average molecular weight is 346 g/mol. The number of pyridine rings is 2. The lowest BCUT2D eigenvalue weighted by Gasteiger charge is -2.20. The fourth-order valence-electron chi connectivity index (χ4n) is 3.21. The number of methoxy groups -OCH3 is 1. The number of anilines is 1. The highest BCUT2D eigenvalue weighted by Crippen LogP contribution is 2.31. The molecule has 3 heterocycles. The molecule has 2 aromatic heterocycles. The van der Waals surface area contributed by atoms with Crippen molar-refractivity contribution in [2.24, 2.45) is 0 Å². The van der Waals surface area contributed by atoms with Crippen LogP contribution in [-0.4, -0.2) is 29.7 Å². The number of hydrogen-bond donors (Lipinski definition) is 1. The molecule has 0 amide bonds. The van der Waals surface area contributed by atoms with Crippen LogP contribution >= 0.6 is 0 Å². The Balaban J connectivity index is 1.55. The first-order valence-corrected chi connectivity index (χ1v) is 8.46. The van der Waals surface area contributed by atoms with Crippen LogP contribution in [0, 0.1) is 11.3 Å². The third-order valence-electron chi connectivity index (χ3n) is 4.54. The largest absolute Gasteiger partial charge is 0.481 e. The van der Waals surface area contributed by atoms with Crippen molar-refractivity contribution in [2.75, 3.05) is 19.0 Å². The summed E-state index contributed by atoms with van der Waals surface area (Å²) in [6.07, 6.45) is 2.61. The van der Waals surface area contributed by atoms with Crippen molar-refractivity contribution in [3.05, 3.63) is 59.8 Å². The molecule has 1 aliphatic heterocycles. The summed E-state index contributed by atoms with van der Waals surface area (Å²) in [4.78, 5) is 8.93. The molecule has 0 bridgehead atoms. The normalized spacial score (nSPS) is 19.2. The molecule has 1 saturated heterocycles. The summed E-state index contributed by atoms with van der Waals surface area (Å²) in [5, 5.41) is 13.4. The van der Waals surface area contributed by atoms with E-state index in [-0.39, 0.29) is 12.1 Å². The van der Waals surface area contributed by atoms with E-state index in [9.17, 15) is 0 Å². The Hall–Kier alpha value is -3.17. The first-order valence-electron chi connectivity index (χ1n) is 8.46. The number of nitrogens with zero attached hydrogens (tertiary/aromatic N) is 3. The van der Waals surface area contributed by atoms with E-state index >= 15 is 0 Å². The van der Waals surface area contributed by atoms with Gasteiger partial charge in [0.2, 0.25) is 5.88 Å².